The summed E-state index contributed by atoms with van der Waals surface area (Å²) in [6.07, 6.45) is 3.46. The zero-order chi connectivity index (χ0) is 12.3. The third kappa shape index (κ3) is 3.05. The lowest BCUT2D eigenvalue weighted by Crippen LogP contribution is -2.41. The van der Waals surface area contributed by atoms with E-state index in [2.05, 4.69) is 4.90 Å². The van der Waals surface area contributed by atoms with Crippen LogP contribution in [0.4, 0.5) is 4.39 Å². The second kappa shape index (κ2) is 5.61. The number of benzene rings is 1. The van der Waals surface area contributed by atoms with Gasteiger partial charge in [0.1, 0.15) is 5.82 Å². The highest BCUT2D eigenvalue weighted by Gasteiger charge is 2.21. The Morgan fingerprint density at radius 2 is 2.24 bits per heavy atom. The molecule has 1 unspecified atom stereocenters. The molecule has 0 spiro atoms. The van der Waals surface area contributed by atoms with E-state index in [-0.39, 0.29) is 18.5 Å². The monoisotopic (exact) mass is 237 g/mol. The second-order valence-electron chi connectivity index (χ2n) is 4.87. The van der Waals surface area contributed by atoms with E-state index in [1.165, 1.54) is 18.9 Å². The van der Waals surface area contributed by atoms with Gasteiger partial charge in [-0.1, -0.05) is 12.5 Å². The zero-order valence-corrected chi connectivity index (χ0v) is 10.3. The van der Waals surface area contributed by atoms with Gasteiger partial charge in [0, 0.05) is 12.6 Å². The quantitative estimate of drug-likeness (QED) is 0.873. The SMILES string of the molecule is Cc1cc(F)ccc1CN1CCCCC1CO. The van der Waals surface area contributed by atoms with Crippen molar-refractivity contribution in [3.8, 4) is 0 Å². The van der Waals surface area contributed by atoms with Crippen LogP contribution in [0.3, 0.4) is 0 Å². The van der Waals surface area contributed by atoms with E-state index >= 15 is 0 Å². The standard InChI is InChI=1S/C14H20FNO/c1-11-8-13(15)6-5-12(11)9-16-7-3-2-4-14(16)10-17/h5-6,8,14,17H,2-4,7,9-10H2,1H3. The van der Waals surface area contributed by atoms with Gasteiger partial charge in [0.05, 0.1) is 6.61 Å². The summed E-state index contributed by atoms with van der Waals surface area (Å²) in [4.78, 5) is 2.31. The van der Waals surface area contributed by atoms with E-state index in [9.17, 15) is 9.50 Å². The van der Waals surface area contributed by atoms with Gasteiger partial charge >= 0.3 is 0 Å². The van der Waals surface area contributed by atoms with Crippen molar-refractivity contribution < 1.29 is 9.50 Å². The molecule has 3 heteroatoms. The maximum Gasteiger partial charge on any atom is 0.123 e. The number of piperidine rings is 1. The highest BCUT2D eigenvalue weighted by Crippen LogP contribution is 2.21. The number of likely N-dealkylation sites (tertiary alicyclic amines) is 1. The lowest BCUT2D eigenvalue weighted by atomic mass is 10.0. The fourth-order valence-electron chi connectivity index (χ4n) is 2.53. The molecule has 0 aliphatic carbocycles. The van der Waals surface area contributed by atoms with Crippen LogP contribution in [0.15, 0.2) is 18.2 Å². The van der Waals surface area contributed by atoms with Crippen LogP contribution in [0.25, 0.3) is 0 Å². The maximum absolute atomic E-state index is 13.0. The summed E-state index contributed by atoms with van der Waals surface area (Å²) >= 11 is 0. The molecule has 0 aromatic heterocycles. The molecule has 1 aliphatic rings. The lowest BCUT2D eigenvalue weighted by molar-refractivity contribution is 0.0839. The first-order valence-corrected chi connectivity index (χ1v) is 6.30. The van der Waals surface area contributed by atoms with Gasteiger partial charge in [-0.2, -0.15) is 0 Å². The average Bonchev–Trinajstić information content (AvgIpc) is 2.33. The Bertz CT molecular complexity index is 380. The number of halogens is 1. The summed E-state index contributed by atoms with van der Waals surface area (Å²) in [6.45, 7) is 4.01. The Balaban J connectivity index is 2.08. The molecule has 0 amide bonds. The Labute approximate surface area is 102 Å². The van der Waals surface area contributed by atoms with Gasteiger partial charge in [-0.25, -0.2) is 4.39 Å². The van der Waals surface area contributed by atoms with E-state index in [1.807, 2.05) is 13.0 Å². The fraction of sp³-hybridized carbons (Fsp3) is 0.571. The molecule has 0 bridgehead atoms. The highest BCUT2D eigenvalue weighted by atomic mass is 19.1. The van der Waals surface area contributed by atoms with Gasteiger partial charge in [-0.3, -0.25) is 4.90 Å². The molecule has 0 radical (unpaired) electrons. The molecule has 2 rings (SSSR count). The van der Waals surface area contributed by atoms with Crippen LogP contribution in [-0.4, -0.2) is 29.2 Å². The van der Waals surface area contributed by atoms with Crippen molar-refractivity contribution in [2.45, 2.75) is 38.8 Å². The van der Waals surface area contributed by atoms with Gasteiger partial charge < -0.3 is 5.11 Å². The first-order valence-electron chi connectivity index (χ1n) is 6.30. The molecule has 0 saturated carbocycles. The molecule has 1 heterocycles. The molecule has 1 saturated heterocycles. The van der Waals surface area contributed by atoms with Crippen LogP contribution in [0, 0.1) is 12.7 Å². The molecular weight excluding hydrogens is 217 g/mol. The first kappa shape index (κ1) is 12.5. The fourth-order valence-corrected chi connectivity index (χ4v) is 2.53. The minimum Gasteiger partial charge on any atom is -0.395 e. The highest BCUT2D eigenvalue weighted by molar-refractivity contribution is 5.26. The predicted octanol–water partition coefficient (Wildman–Crippen LogP) is 2.48. The van der Waals surface area contributed by atoms with Gasteiger partial charge in [-0.05, 0) is 49.6 Å². The Morgan fingerprint density at radius 1 is 1.41 bits per heavy atom. The summed E-state index contributed by atoms with van der Waals surface area (Å²) in [6, 6.07) is 5.22. The number of aliphatic hydroxyl groups excluding tert-OH is 1. The smallest absolute Gasteiger partial charge is 0.123 e. The predicted molar refractivity (Wildman–Crippen MR) is 66.3 cm³/mol. The largest absolute Gasteiger partial charge is 0.395 e. The molecule has 2 nitrogen and oxygen atoms in total. The summed E-state index contributed by atoms with van der Waals surface area (Å²) < 4.78 is 13.0. The van der Waals surface area contributed by atoms with E-state index in [1.54, 1.807) is 6.07 Å². The molecule has 94 valence electrons. The van der Waals surface area contributed by atoms with Gasteiger partial charge in [0.15, 0.2) is 0 Å². The Hall–Kier alpha value is -0.930. The molecular formula is C14H20FNO. The molecule has 17 heavy (non-hydrogen) atoms. The molecule has 1 fully saturated rings. The van der Waals surface area contributed by atoms with E-state index < -0.39 is 0 Å². The number of hydrogen-bond acceptors (Lipinski definition) is 2. The molecule has 1 aliphatic heterocycles. The summed E-state index contributed by atoms with van der Waals surface area (Å²) in [7, 11) is 0. The third-order valence-corrected chi connectivity index (χ3v) is 3.64. The van der Waals surface area contributed by atoms with Crippen molar-refractivity contribution in [1.29, 1.82) is 0 Å². The topological polar surface area (TPSA) is 23.5 Å². The second-order valence-corrected chi connectivity index (χ2v) is 4.87. The minimum atomic E-state index is -0.177. The van der Waals surface area contributed by atoms with E-state index in [0.29, 0.717) is 0 Å². The van der Waals surface area contributed by atoms with Gasteiger partial charge in [0.2, 0.25) is 0 Å². The van der Waals surface area contributed by atoms with E-state index in [4.69, 9.17) is 0 Å². The van der Waals surface area contributed by atoms with Crippen LogP contribution in [0.5, 0.6) is 0 Å². The van der Waals surface area contributed by atoms with Crippen molar-refractivity contribution in [2.24, 2.45) is 0 Å². The van der Waals surface area contributed by atoms with Crippen molar-refractivity contribution in [3.63, 3.8) is 0 Å². The number of aliphatic hydroxyl groups is 1. The molecule has 1 atom stereocenters. The Morgan fingerprint density at radius 3 is 2.94 bits per heavy atom. The molecule has 1 N–H and O–H groups in total. The van der Waals surface area contributed by atoms with Crippen LogP contribution in [0.2, 0.25) is 0 Å². The summed E-state index contributed by atoms with van der Waals surface area (Å²) in [5.41, 5.74) is 2.15. The van der Waals surface area contributed by atoms with Crippen molar-refractivity contribution >= 4 is 0 Å². The van der Waals surface area contributed by atoms with Crippen molar-refractivity contribution in [1.82, 2.24) is 4.90 Å². The van der Waals surface area contributed by atoms with Gasteiger partial charge in [-0.15, -0.1) is 0 Å². The summed E-state index contributed by atoms with van der Waals surface area (Å²) in [5.74, 6) is -0.177. The minimum absolute atomic E-state index is 0.177. The lowest BCUT2D eigenvalue weighted by Gasteiger charge is -2.34. The van der Waals surface area contributed by atoms with Crippen LogP contribution in [-0.2, 0) is 6.54 Å². The summed E-state index contributed by atoms with van der Waals surface area (Å²) in [5, 5.41) is 9.35. The normalized spacial score (nSPS) is 21.7. The van der Waals surface area contributed by atoms with Crippen molar-refractivity contribution in [3.05, 3.63) is 35.1 Å². The number of aryl methyl sites for hydroxylation is 1. The molecule has 1 aromatic carbocycles. The number of nitrogens with zero attached hydrogens (tertiary/aromatic N) is 1. The Kier molecular flexibility index (Phi) is 4.13. The van der Waals surface area contributed by atoms with Crippen LogP contribution < -0.4 is 0 Å². The zero-order valence-electron chi connectivity index (χ0n) is 10.3. The van der Waals surface area contributed by atoms with Gasteiger partial charge in [0.25, 0.3) is 0 Å². The number of hydrogen-bond donors (Lipinski definition) is 1. The first-order chi connectivity index (χ1) is 8.20. The average molecular weight is 237 g/mol. The maximum atomic E-state index is 13.0. The third-order valence-electron chi connectivity index (χ3n) is 3.64. The van der Waals surface area contributed by atoms with Crippen molar-refractivity contribution in [2.75, 3.05) is 13.2 Å². The van der Waals surface area contributed by atoms with E-state index in [0.717, 1.165) is 30.6 Å². The van der Waals surface area contributed by atoms with Crippen LogP contribution >= 0.6 is 0 Å². The molecule has 1 aromatic rings. The van der Waals surface area contributed by atoms with Crippen LogP contribution in [0.1, 0.15) is 30.4 Å². The number of rotatable bonds is 3.